The van der Waals surface area contributed by atoms with E-state index in [1.54, 1.807) is 30.3 Å². The molecule has 1 aromatic carbocycles. The Labute approximate surface area is 90.7 Å². The normalized spacial score (nSPS) is 12.6. The first-order valence-corrected chi connectivity index (χ1v) is 6.02. The van der Waals surface area contributed by atoms with Crippen LogP contribution in [-0.2, 0) is 13.6 Å². The Morgan fingerprint density at radius 1 is 1.29 bits per heavy atom. The van der Waals surface area contributed by atoms with Crippen LogP contribution in [0, 0.1) is 0 Å². The summed E-state index contributed by atoms with van der Waals surface area (Å²) < 4.78 is 24.6. The molecule has 0 unspecified atom stereocenters. The van der Waals surface area contributed by atoms with E-state index >= 15 is 0 Å². The predicted octanol–water partition coefficient (Wildman–Crippen LogP) is 2.09. The summed E-state index contributed by atoms with van der Waals surface area (Å²) in [6, 6.07) is 8.53. The van der Waals surface area contributed by atoms with Crippen molar-refractivity contribution < 1.29 is 12.7 Å². The van der Waals surface area contributed by atoms with Gasteiger partial charge in [-0.15, -0.1) is 0 Å². The van der Waals surface area contributed by atoms with Crippen LogP contribution in [-0.4, -0.2) is 13.6 Å². The smallest absolute Gasteiger partial charge is 0.255 e. The molecule has 0 bridgehead atoms. The van der Waals surface area contributed by atoms with E-state index in [2.05, 4.69) is 9.44 Å². The van der Waals surface area contributed by atoms with E-state index in [1.807, 2.05) is 0 Å². The average molecular weight is 254 g/mol. The Morgan fingerprint density at radius 2 is 1.86 bits per heavy atom. The van der Waals surface area contributed by atoms with Gasteiger partial charge in [-0.1, -0.05) is 47.1 Å². The zero-order valence-corrected chi connectivity index (χ0v) is 9.05. The summed E-state index contributed by atoms with van der Waals surface area (Å²) in [6.45, 7) is 0. The highest BCUT2D eigenvalue weighted by molar-refractivity contribution is 8.09. The molecule has 1 rings (SSSR count). The molecule has 0 fully saturated rings. The van der Waals surface area contributed by atoms with Gasteiger partial charge < -0.3 is 0 Å². The predicted molar refractivity (Wildman–Crippen MR) is 54.7 cm³/mol. The van der Waals surface area contributed by atoms with Crippen LogP contribution in [0.15, 0.2) is 35.5 Å². The van der Waals surface area contributed by atoms with Crippen molar-refractivity contribution >= 4 is 36.8 Å². The number of oxime groups is 1. The van der Waals surface area contributed by atoms with Crippen LogP contribution < -0.4 is 0 Å². The molecule has 76 valence electrons. The average Bonchev–Trinajstić information content (AvgIpc) is 2.14. The van der Waals surface area contributed by atoms with E-state index in [-0.39, 0.29) is 5.17 Å². The van der Waals surface area contributed by atoms with Gasteiger partial charge in [-0.05, 0) is 0 Å². The van der Waals surface area contributed by atoms with Gasteiger partial charge in [-0.3, -0.25) is 4.28 Å². The first-order valence-electron chi connectivity index (χ1n) is 3.41. The molecule has 7 heteroatoms. The molecule has 0 saturated heterocycles. The third-order valence-corrected chi connectivity index (χ3v) is 1.93. The Balaban J connectivity index is 2.81. The Bertz CT molecular complexity index is 430. The molecule has 0 aliphatic rings. The molecule has 1 aromatic rings. The number of benzene rings is 1. The first kappa shape index (κ1) is 11.3. The molecule has 0 atom stereocenters. The molecule has 0 saturated carbocycles. The molecular weight excluding hydrogens is 249 g/mol. The third-order valence-electron chi connectivity index (χ3n) is 1.22. The standard InChI is InChI=1S/C7H5Cl2NO3S/c8-7(10-13-14(9,11)12)6-4-2-1-3-5-6/h1-5H. The Hall–Kier alpha value is -0.780. The van der Waals surface area contributed by atoms with E-state index < -0.39 is 9.33 Å². The summed E-state index contributed by atoms with van der Waals surface area (Å²) in [4.78, 5) is 0. The molecule has 0 aliphatic carbocycles. The molecule has 0 radical (unpaired) electrons. The second kappa shape index (κ2) is 4.63. The SMILES string of the molecule is O=S(=O)(Cl)ON=C(Cl)c1ccccc1. The summed E-state index contributed by atoms with van der Waals surface area (Å²) in [7, 11) is 0.622. The van der Waals surface area contributed by atoms with Crippen molar-refractivity contribution in [2.45, 2.75) is 0 Å². The highest BCUT2D eigenvalue weighted by Gasteiger charge is 2.05. The number of hydrogen-bond donors (Lipinski definition) is 0. The van der Waals surface area contributed by atoms with Crippen LogP contribution in [0.25, 0.3) is 0 Å². The molecule has 14 heavy (non-hydrogen) atoms. The minimum Gasteiger partial charge on any atom is -0.255 e. The Morgan fingerprint density at radius 3 is 2.36 bits per heavy atom. The molecule has 0 heterocycles. The fourth-order valence-corrected chi connectivity index (χ4v) is 1.16. The van der Waals surface area contributed by atoms with Crippen molar-refractivity contribution in [2.75, 3.05) is 0 Å². The van der Waals surface area contributed by atoms with Gasteiger partial charge in [0.2, 0.25) is 0 Å². The van der Waals surface area contributed by atoms with E-state index in [0.29, 0.717) is 5.56 Å². The number of rotatable bonds is 3. The van der Waals surface area contributed by atoms with E-state index in [0.717, 1.165) is 0 Å². The van der Waals surface area contributed by atoms with Crippen molar-refractivity contribution in [1.82, 2.24) is 0 Å². The van der Waals surface area contributed by atoms with Crippen LogP contribution in [0.1, 0.15) is 5.56 Å². The van der Waals surface area contributed by atoms with E-state index in [1.165, 1.54) is 0 Å². The monoisotopic (exact) mass is 253 g/mol. The summed E-state index contributed by atoms with van der Waals surface area (Å²) >= 11 is 5.61. The number of halogens is 2. The van der Waals surface area contributed by atoms with Crippen molar-refractivity contribution in [1.29, 1.82) is 0 Å². The lowest BCUT2D eigenvalue weighted by Gasteiger charge is -1.96. The first-order chi connectivity index (χ1) is 6.49. The lowest BCUT2D eigenvalue weighted by atomic mass is 10.2. The fraction of sp³-hybridized carbons (Fsp3) is 0. The summed E-state index contributed by atoms with van der Waals surface area (Å²) in [6.07, 6.45) is 0. The lowest BCUT2D eigenvalue weighted by Crippen LogP contribution is -1.95. The largest absolute Gasteiger partial charge is 0.420 e. The highest BCUT2D eigenvalue weighted by atomic mass is 35.7. The van der Waals surface area contributed by atoms with Gasteiger partial charge in [-0.25, -0.2) is 0 Å². The second-order valence-corrected chi connectivity index (χ2v) is 4.64. The number of hydrogen-bond acceptors (Lipinski definition) is 4. The minimum atomic E-state index is -4.13. The van der Waals surface area contributed by atoms with Crippen molar-refractivity contribution in [3.63, 3.8) is 0 Å². The zero-order valence-electron chi connectivity index (χ0n) is 6.72. The Kier molecular flexibility index (Phi) is 3.74. The lowest BCUT2D eigenvalue weighted by molar-refractivity contribution is 0.352. The molecule has 0 N–H and O–H groups in total. The maximum atomic E-state index is 10.3. The third kappa shape index (κ3) is 3.95. The van der Waals surface area contributed by atoms with Crippen LogP contribution in [0.2, 0.25) is 0 Å². The maximum absolute atomic E-state index is 10.3. The summed E-state index contributed by atoms with van der Waals surface area (Å²) in [5, 5.41) is 3.04. The van der Waals surface area contributed by atoms with E-state index in [4.69, 9.17) is 22.3 Å². The molecule has 0 aromatic heterocycles. The van der Waals surface area contributed by atoms with Gasteiger partial charge >= 0.3 is 9.33 Å². The number of nitrogens with zero attached hydrogens (tertiary/aromatic N) is 1. The zero-order chi connectivity index (χ0) is 10.6. The van der Waals surface area contributed by atoms with Crippen LogP contribution in [0.5, 0.6) is 0 Å². The quantitative estimate of drug-likeness (QED) is 0.471. The molecular formula is C7H5Cl2NO3S. The van der Waals surface area contributed by atoms with Gasteiger partial charge in [0.1, 0.15) is 0 Å². The topological polar surface area (TPSA) is 55.7 Å². The molecule has 0 amide bonds. The van der Waals surface area contributed by atoms with Gasteiger partial charge in [0.05, 0.1) is 10.7 Å². The summed E-state index contributed by atoms with van der Waals surface area (Å²) in [5.41, 5.74) is 0.537. The van der Waals surface area contributed by atoms with Gasteiger partial charge in [0, 0.05) is 5.56 Å². The minimum absolute atomic E-state index is 0.0881. The van der Waals surface area contributed by atoms with Crippen molar-refractivity contribution in [2.24, 2.45) is 5.16 Å². The van der Waals surface area contributed by atoms with Crippen molar-refractivity contribution in [3.8, 4) is 0 Å². The van der Waals surface area contributed by atoms with Gasteiger partial charge in [0.15, 0.2) is 5.17 Å². The van der Waals surface area contributed by atoms with E-state index in [9.17, 15) is 8.42 Å². The van der Waals surface area contributed by atoms with Crippen LogP contribution >= 0.6 is 22.3 Å². The van der Waals surface area contributed by atoms with Crippen LogP contribution in [0.3, 0.4) is 0 Å². The summed E-state index contributed by atoms with van der Waals surface area (Å²) in [5.74, 6) is 0. The fourth-order valence-electron chi connectivity index (χ4n) is 0.706. The van der Waals surface area contributed by atoms with Gasteiger partial charge in [0.25, 0.3) is 0 Å². The second-order valence-electron chi connectivity index (χ2n) is 2.22. The molecule has 4 nitrogen and oxygen atoms in total. The van der Waals surface area contributed by atoms with Crippen molar-refractivity contribution in [3.05, 3.63) is 35.9 Å². The molecule has 0 aliphatic heterocycles. The van der Waals surface area contributed by atoms with Crippen LogP contribution in [0.4, 0.5) is 0 Å². The maximum Gasteiger partial charge on any atom is 0.420 e. The molecule has 0 spiro atoms. The van der Waals surface area contributed by atoms with Gasteiger partial charge in [-0.2, -0.15) is 8.42 Å². The highest BCUT2D eigenvalue weighted by Crippen LogP contribution is 2.07.